The highest BCUT2D eigenvalue weighted by Crippen LogP contribution is 2.53. The largest absolute Gasteiger partial charge is 0.453 e. The number of ether oxygens (including phenoxy) is 1. The Hall–Kier alpha value is -1.71. The summed E-state index contributed by atoms with van der Waals surface area (Å²) in [5.74, 6) is -0.570. The molecule has 1 N–H and O–H groups in total. The lowest BCUT2D eigenvalue weighted by atomic mass is 9.92. The van der Waals surface area contributed by atoms with Crippen LogP contribution in [-0.2, 0) is 16.3 Å². The number of methoxy groups -OCH3 is 1. The minimum atomic E-state index is -6.23. The quantitative estimate of drug-likeness (QED) is 0.610. The summed E-state index contributed by atoms with van der Waals surface area (Å²) in [6.45, 7) is 0. The Balaban J connectivity index is 3.45. The lowest BCUT2D eigenvalue weighted by molar-refractivity contribution is -0.348. The van der Waals surface area contributed by atoms with E-state index in [-0.39, 0.29) is 17.3 Å². The maximum atomic E-state index is 13.9. The van der Waals surface area contributed by atoms with Crippen molar-refractivity contribution in [1.82, 2.24) is 0 Å². The number of halogens is 8. The molecule has 1 aromatic carbocycles. The van der Waals surface area contributed by atoms with Gasteiger partial charge in [0.2, 0.25) is 0 Å². The minimum Gasteiger partial charge on any atom is -0.453 e. The molecule has 0 aliphatic heterocycles. The molecule has 0 aliphatic rings. The summed E-state index contributed by atoms with van der Waals surface area (Å²) in [6.07, 6.45) is -13.5. The molecule has 0 aliphatic carbocycles. The number of carbonyl (C=O) groups is 1. The number of hydrogen-bond donors (Lipinski definition) is 1. The van der Waals surface area contributed by atoms with Crippen LogP contribution in [0.5, 0.6) is 0 Å². The van der Waals surface area contributed by atoms with E-state index in [0.717, 1.165) is 7.11 Å². The molecule has 3 nitrogen and oxygen atoms in total. The average molecular weight is 368 g/mol. The first-order valence-electron chi connectivity index (χ1n) is 5.75. The first-order chi connectivity index (χ1) is 10.4. The molecule has 0 fully saturated rings. The van der Waals surface area contributed by atoms with E-state index in [2.05, 4.69) is 4.74 Å². The molecule has 0 saturated heterocycles. The van der Waals surface area contributed by atoms with Crippen LogP contribution in [0.1, 0.15) is 11.1 Å². The third-order valence-corrected chi connectivity index (χ3v) is 3.14. The number of benzene rings is 1. The zero-order valence-electron chi connectivity index (χ0n) is 11.3. The smallest absolute Gasteiger partial charge is 0.435 e. The van der Waals surface area contributed by atoms with Crippen LogP contribution < -0.4 is 5.32 Å². The summed E-state index contributed by atoms with van der Waals surface area (Å²) in [7, 11) is 0.990. The van der Waals surface area contributed by atoms with Gasteiger partial charge in [-0.25, -0.2) is 9.18 Å². The fraction of sp³-hybridized carbons (Fsp3) is 0.417. The number of alkyl halides is 8. The Morgan fingerprint density at radius 2 is 1.65 bits per heavy atom. The van der Waals surface area contributed by atoms with Crippen LogP contribution in [-0.4, -0.2) is 25.6 Å². The van der Waals surface area contributed by atoms with E-state index in [0.29, 0.717) is 12.1 Å². The molecule has 11 heteroatoms. The molecule has 23 heavy (non-hydrogen) atoms. The standard InChI is InChI=1S/C12H9ClF7NO2/c1-23-9(22)21-8-3-2-7(4-6(8)5-13)10(14,11(15,16)17)12(18,19)20/h2-4H,5H2,1H3,(H,21,22). The summed E-state index contributed by atoms with van der Waals surface area (Å²) in [5, 5.41) is 2.04. The summed E-state index contributed by atoms with van der Waals surface area (Å²) in [4.78, 5) is 11.0. The Bertz CT molecular complexity index is 572. The van der Waals surface area contributed by atoms with Crippen molar-refractivity contribution in [3.05, 3.63) is 29.3 Å². The van der Waals surface area contributed by atoms with Crippen LogP contribution in [0.25, 0.3) is 0 Å². The first-order valence-corrected chi connectivity index (χ1v) is 6.28. The molecule has 0 atom stereocenters. The van der Waals surface area contributed by atoms with Crippen molar-refractivity contribution >= 4 is 23.4 Å². The van der Waals surface area contributed by atoms with Gasteiger partial charge >= 0.3 is 24.1 Å². The van der Waals surface area contributed by atoms with Gasteiger partial charge in [0.15, 0.2) is 0 Å². The van der Waals surface area contributed by atoms with Gasteiger partial charge in [-0.1, -0.05) is 6.07 Å². The lowest BCUT2D eigenvalue weighted by Gasteiger charge is -2.30. The molecule has 1 aromatic rings. The number of anilines is 1. The SMILES string of the molecule is COC(=O)Nc1ccc(C(F)(C(F)(F)F)C(F)(F)F)cc1CCl. The van der Waals surface area contributed by atoms with Gasteiger partial charge in [0, 0.05) is 17.1 Å². The van der Waals surface area contributed by atoms with E-state index < -0.39 is 35.6 Å². The second-order valence-electron chi connectivity index (χ2n) is 4.28. The van der Waals surface area contributed by atoms with Crippen molar-refractivity contribution in [2.45, 2.75) is 23.9 Å². The van der Waals surface area contributed by atoms with E-state index in [4.69, 9.17) is 11.6 Å². The maximum Gasteiger partial charge on any atom is 0.435 e. The van der Waals surface area contributed by atoms with Crippen molar-refractivity contribution in [1.29, 1.82) is 0 Å². The number of nitrogens with one attached hydrogen (secondary N) is 1. The Labute approximate surface area is 130 Å². The Morgan fingerprint density at radius 3 is 2.04 bits per heavy atom. The first kappa shape index (κ1) is 19.3. The van der Waals surface area contributed by atoms with Gasteiger partial charge in [0.25, 0.3) is 0 Å². The third-order valence-electron chi connectivity index (χ3n) is 2.85. The van der Waals surface area contributed by atoms with Crippen LogP contribution in [0.15, 0.2) is 18.2 Å². The summed E-state index contributed by atoms with van der Waals surface area (Å²) >= 11 is 5.43. The Morgan fingerprint density at radius 1 is 1.13 bits per heavy atom. The zero-order valence-corrected chi connectivity index (χ0v) is 12.0. The molecule has 0 unspecified atom stereocenters. The van der Waals surface area contributed by atoms with Gasteiger partial charge in [-0.15, -0.1) is 11.6 Å². The molecule has 0 radical (unpaired) electrons. The zero-order chi connectivity index (χ0) is 18.1. The van der Waals surface area contributed by atoms with Crippen LogP contribution >= 0.6 is 11.6 Å². The minimum absolute atomic E-state index is 0.206. The molecule has 0 saturated carbocycles. The summed E-state index contributed by atoms with van der Waals surface area (Å²) in [5.41, 5.74) is -7.80. The number of hydrogen-bond acceptors (Lipinski definition) is 2. The second kappa shape index (κ2) is 6.42. The highest BCUT2D eigenvalue weighted by atomic mass is 35.5. The molecule has 0 heterocycles. The average Bonchev–Trinajstić information content (AvgIpc) is 2.44. The highest BCUT2D eigenvalue weighted by molar-refractivity contribution is 6.17. The van der Waals surface area contributed by atoms with E-state index in [1.807, 2.05) is 5.32 Å². The van der Waals surface area contributed by atoms with E-state index in [9.17, 15) is 35.5 Å². The highest BCUT2D eigenvalue weighted by Gasteiger charge is 2.73. The van der Waals surface area contributed by atoms with Crippen molar-refractivity contribution in [2.24, 2.45) is 0 Å². The molecule has 0 spiro atoms. The molecular formula is C12H9ClF7NO2. The molecule has 1 amide bonds. The van der Waals surface area contributed by atoms with Crippen LogP contribution in [0.4, 0.5) is 41.2 Å². The van der Waals surface area contributed by atoms with Gasteiger partial charge in [-0.05, 0) is 17.7 Å². The topological polar surface area (TPSA) is 38.3 Å². The number of amides is 1. The van der Waals surface area contributed by atoms with E-state index in [1.54, 1.807) is 0 Å². The Kier molecular flexibility index (Phi) is 5.40. The maximum absolute atomic E-state index is 13.9. The number of rotatable bonds is 3. The van der Waals surface area contributed by atoms with Gasteiger partial charge < -0.3 is 4.74 Å². The van der Waals surface area contributed by atoms with Crippen molar-refractivity contribution in [3.8, 4) is 0 Å². The van der Waals surface area contributed by atoms with E-state index in [1.165, 1.54) is 0 Å². The van der Waals surface area contributed by atoms with Crippen LogP contribution in [0, 0.1) is 0 Å². The van der Waals surface area contributed by atoms with Crippen LogP contribution in [0.3, 0.4) is 0 Å². The fourth-order valence-corrected chi connectivity index (χ4v) is 1.91. The fourth-order valence-electron chi connectivity index (χ4n) is 1.69. The lowest BCUT2D eigenvalue weighted by Crippen LogP contribution is -2.50. The van der Waals surface area contributed by atoms with Gasteiger partial charge in [0.1, 0.15) is 0 Å². The van der Waals surface area contributed by atoms with E-state index >= 15 is 0 Å². The van der Waals surface area contributed by atoms with Crippen molar-refractivity contribution < 1.29 is 40.3 Å². The van der Waals surface area contributed by atoms with Gasteiger partial charge in [-0.3, -0.25) is 5.32 Å². The van der Waals surface area contributed by atoms with Crippen molar-refractivity contribution in [3.63, 3.8) is 0 Å². The van der Waals surface area contributed by atoms with Crippen molar-refractivity contribution in [2.75, 3.05) is 12.4 Å². The molecule has 0 bridgehead atoms. The number of carbonyl (C=O) groups excluding carboxylic acids is 1. The predicted molar refractivity (Wildman–Crippen MR) is 66.9 cm³/mol. The summed E-state index contributed by atoms with van der Waals surface area (Å²) in [6, 6.07) is 1.23. The molecule has 130 valence electrons. The predicted octanol–water partition coefficient (Wildman–Crippen LogP) is 4.89. The second-order valence-corrected chi connectivity index (χ2v) is 4.54. The molecular weight excluding hydrogens is 359 g/mol. The molecule has 0 aromatic heterocycles. The monoisotopic (exact) mass is 367 g/mol. The van der Waals surface area contributed by atoms with Gasteiger partial charge in [0.05, 0.1) is 7.11 Å². The normalized spacial score (nSPS) is 12.9. The summed E-state index contributed by atoms with van der Waals surface area (Å²) < 4.78 is 94.2. The van der Waals surface area contributed by atoms with Gasteiger partial charge in [-0.2, -0.15) is 26.3 Å². The molecule has 1 rings (SSSR count). The third kappa shape index (κ3) is 3.62. The van der Waals surface area contributed by atoms with Crippen LogP contribution in [0.2, 0.25) is 0 Å².